The van der Waals surface area contributed by atoms with Gasteiger partial charge in [0.05, 0.1) is 19.8 Å². The number of sulfonamides is 1. The van der Waals surface area contributed by atoms with E-state index in [-0.39, 0.29) is 18.2 Å². The number of nitrogens with zero attached hydrogens (tertiary/aromatic N) is 1. The number of ether oxygens (including phenoxy) is 2. The fourth-order valence-corrected chi connectivity index (χ4v) is 2.80. The van der Waals surface area contributed by atoms with Crippen LogP contribution in [0.5, 0.6) is 0 Å². The van der Waals surface area contributed by atoms with Gasteiger partial charge in [-0.1, -0.05) is 0 Å². The van der Waals surface area contributed by atoms with Gasteiger partial charge in [0.15, 0.2) is 5.03 Å². The molecular weight excluding hydrogens is 284 g/mol. The number of nitrogens with one attached hydrogen (secondary N) is 3. The second kappa shape index (κ2) is 8.32. The van der Waals surface area contributed by atoms with Crippen molar-refractivity contribution in [3.8, 4) is 0 Å². The predicted octanol–water partition coefficient (Wildman–Crippen LogP) is -0.621. The smallest absolute Gasteiger partial charge is 0.260 e. The molecule has 0 amide bonds. The van der Waals surface area contributed by atoms with E-state index in [0.717, 1.165) is 5.69 Å². The lowest BCUT2D eigenvalue weighted by Crippen LogP contribution is -2.29. The van der Waals surface area contributed by atoms with Crippen LogP contribution in [0.15, 0.2) is 5.03 Å². The lowest BCUT2D eigenvalue weighted by Gasteiger charge is -2.07. The lowest BCUT2D eigenvalue weighted by atomic mass is 10.3. The number of aromatic amines is 1. The first kappa shape index (κ1) is 17.1. The number of aromatic nitrogens is 2. The summed E-state index contributed by atoms with van der Waals surface area (Å²) < 4.78 is 36.7. The van der Waals surface area contributed by atoms with Crippen LogP contribution in [0.4, 0.5) is 0 Å². The van der Waals surface area contributed by atoms with E-state index in [1.807, 2.05) is 0 Å². The van der Waals surface area contributed by atoms with Crippen LogP contribution in [-0.4, -0.2) is 59.1 Å². The van der Waals surface area contributed by atoms with Gasteiger partial charge in [-0.05, 0) is 14.0 Å². The van der Waals surface area contributed by atoms with Gasteiger partial charge in [0, 0.05) is 31.5 Å². The predicted molar refractivity (Wildman–Crippen MR) is 74.0 cm³/mol. The van der Waals surface area contributed by atoms with Crippen LogP contribution in [0.1, 0.15) is 11.3 Å². The number of hydrogen-bond donors (Lipinski definition) is 3. The van der Waals surface area contributed by atoms with Crippen molar-refractivity contribution < 1.29 is 17.9 Å². The van der Waals surface area contributed by atoms with Crippen molar-refractivity contribution in [3.05, 3.63) is 11.3 Å². The molecule has 1 rings (SSSR count). The molecule has 8 nitrogen and oxygen atoms in total. The first-order chi connectivity index (χ1) is 9.53. The van der Waals surface area contributed by atoms with E-state index in [4.69, 9.17) is 9.47 Å². The van der Waals surface area contributed by atoms with Gasteiger partial charge in [0.2, 0.25) is 0 Å². The standard InChI is InChI=1S/C11H22N4O4S/c1-9-10(8-12-2)11(15-14-9)20(16,17)13-4-5-19-7-6-18-3/h12-13H,4-8H2,1-3H3,(H,14,15). The van der Waals surface area contributed by atoms with Crippen molar-refractivity contribution in [3.63, 3.8) is 0 Å². The Hall–Kier alpha value is -1.00. The van der Waals surface area contributed by atoms with Crippen molar-refractivity contribution >= 4 is 10.0 Å². The summed E-state index contributed by atoms with van der Waals surface area (Å²) >= 11 is 0. The molecule has 0 aliphatic carbocycles. The van der Waals surface area contributed by atoms with Gasteiger partial charge in [0.1, 0.15) is 0 Å². The van der Waals surface area contributed by atoms with E-state index in [0.29, 0.717) is 25.3 Å². The van der Waals surface area contributed by atoms with Crippen molar-refractivity contribution in [2.45, 2.75) is 18.5 Å². The van der Waals surface area contributed by atoms with Crippen LogP contribution in [0.25, 0.3) is 0 Å². The summed E-state index contributed by atoms with van der Waals surface area (Å²) in [6.45, 7) is 3.61. The molecule has 0 aliphatic rings. The molecule has 0 aliphatic heterocycles. The molecule has 0 fully saturated rings. The molecule has 1 aromatic rings. The molecule has 0 spiro atoms. The van der Waals surface area contributed by atoms with Gasteiger partial charge in [-0.25, -0.2) is 13.1 Å². The van der Waals surface area contributed by atoms with Crippen LogP contribution in [0, 0.1) is 6.92 Å². The third kappa shape index (κ3) is 4.84. The molecule has 0 atom stereocenters. The molecule has 0 aromatic carbocycles. The zero-order valence-corrected chi connectivity index (χ0v) is 12.8. The second-order valence-corrected chi connectivity index (χ2v) is 5.85. The highest BCUT2D eigenvalue weighted by Crippen LogP contribution is 2.15. The molecule has 0 radical (unpaired) electrons. The van der Waals surface area contributed by atoms with Gasteiger partial charge in [-0.15, -0.1) is 0 Å². The Morgan fingerprint density at radius 2 is 2.05 bits per heavy atom. The molecule has 0 saturated heterocycles. The largest absolute Gasteiger partial charge is 0.382 e. The van der Waals surface area contributed by atoms with Crippen LogP contribution < -0.4 is 10.0 Å². The molecular formula is C11H22N4O4S. The lowest BCUT2D eigenvalue weighted by molar-refractivity contribution is 0.0736. The summed E-state index contributed by atoms with van der Waals surface area (Å²) in [6, 6.07) is 0. The van der Waals surface area contributed by atoms with E-state index in [1.54, 1.807) is 21.1 Å². The Bertz CT molecular complexity index is 501. The third-order valence-electron chi connectivity index (χ3n) is 2.61. The van der Waals surface area contributed by atoms with Crippen LogP contribution in [0.3, 0.4) is 0 Å². The van der Waals surface area contributed by atoms with Gasteiger partial charge in [-0.2, -0.15) is 5.10 Å². The molecule has 3 N–H and O–H groups in total. The van der Waals surface area contributed by atoms with Gasteiger partial charge in [-0.3, -0.25) is 5.10 Å². The summed E-state index contributed by atoms with van der Waals surface area (Å²) in [7, 11) is -0.300. The fourth-order valence-electron chi connectivity index (χ4n) is 1.60. The molecule has 0 bridgehead atoms. The summed E-state index contributed by atoms with van der Waals surface area (Å²) in [5, 5.41) is 9.50. The topological polar surface area (TPSA) is 105 Å². The van der Waals surface area contributed by atoms with E-state index in [1.165, 1.54) is 0 Å². The number of hydrogen-bond acceptors (Lipinski definition) is 6. The minimum absolute atomic E-state index is 0.0289. The molecule has 0 saturated carbocycles. The first-order valence-electron chi connectivity index (χ1n) is 6.27. The number of methoxy groups -OCH3 is 1. The highest BCUT2D eigenvalue weighted by Gasteiger charge is 2.22. The maximum Gasteiger partial charge on any atom is 0.260 e. The third-order valence-corrected chi connectivity index (χ3v) is 4.05. The average molecular weight is 306 g/mol. The molecule has 1 heterocycles. The normalized spacial score (nSPS) is 11.9. The SMILES string of the molecule is CNCc1c(S(=O)(=O)NCCOCCOC)n[nH]c1C. The molecule has 20 heavy (non-hydrogen) atoms. The summed E-state index contributed by atoms with van der Waals surface area (Å²) in [4.78, 5) is 0. The summed E-state index contributed by atoms with van der Waals surface area (Å²) in [6.07, 6.45) is 0. The maximum absolute atomic E-state index is 12.1. The second-order valence-electron chi connectivity index (χ2n) is 4.17. The van der Waals surface area contributed by atoms with Crippen LogP contribution >= 0.6 is 0 Å². The summed E-state index contributed by atoms with van der Waals surface area (Å²) in [5.74, 6) is 0. The monoisotopic (exact) mass is 306 g/mol. The molecule has 9 heteroatoms. The first-order valence-corrected chi connectivity index (χ1v) is 7.76. The Labute approximate surface area is 119 Å². The van der Waals surface area contributed by atoms with Gasteiger partial charge >= 0.3 is 0 Å². The summed E-state index contributed by atoms with van der Waals surface area (Å²) in [5.41, 5.74) is 1.37. The van der Waals surface area contributed by atoms with E-state index in [2.05, 4.69) is 20.2 Å². The Morgan fingerprint density at radius 1 is 1.30 bits per heavy atom. The van der Waals surface area contributed by atoms with Crippen molar-refractivity contribution in [1.29, 1.82) is 0 Å². The number of rotatable bonds is 10. The highest BCUT2D eigenvalue weighted by atomic mass is 32.2. The van der Waals surface area contributed by atoms with Crippen molar-refractivity contribution in [2.75, 3.05) is 40.5 Å². The van der Waals surface area contributed by atoms with Crippen molar-refractivity contribution in [1.82, 2.24) is 20.2 Å². The zero-order valence-electron chi connectivity index (χ0n) is 12.0. The minimum Gasteiger partial charge on any atom is -0.382 e. The van der Waals surface area contributed by atoms with E-state index < -0.39 is 10.0 Å². The van der Waals surface area contributed by atoms with Crippen molar-refractivity contribution in [2.24, 2.45) is 0 Å². The number of aryl methyl sites for hydroxylation is 1. The van der Waals surface area contributed by atoms with Crippen LogP contribution in [0.2, 0.25) is 0 Å². The zero-order chi connectivity index (χ0) is 15.0. The van der Waals surface area contributed by atoms with Gasteiger partial charge in [0.25, 0.3) is 10.0 Å². The van der Waals surface area contributed by atoms with E-state index >= 15 is 0 Å². The molecule has 0 unspecified atom stereocenters. The molecule has 116 valence electrons. The average Bonchev–Trinajstić information content (AvgIpc) is 2.77. The Kier molecular flexibility index (Phi) is 7.10. The van der Waals surface area contributed by atoms with Crippen LogP contribution in [-0.2, 0) is 26.0 Å². The van der Waals surface area contributed by atoms with E-state index in [9.17, 15) is 8.42 Å². The quantitative estimate of drug-likeness (QED) is 0.498. The Morgan fingerprint density at radius 3 is 2.70 bits per heavy atom. The Balaban J connectivity index is 2.56. The minimum atomic E-state index is -3.63. The number of H-pyrrole nitrogens is 1. The fraction of sp³-hybridized carbons (Fsp3) is 0.727. The van der Waals surface area contributed by atoms with Gasteiger partial charge < -0.3 is 14.8 Å². The maximum atomic E-state index is 12.1. The molecule has 1 aromatic heterocycles. The highest BCUT2D eigenvalue weighted by molar-refractivity contribution is 7.89.